The number of carbonyl (C=O) groups excluding carboxylic acids is 2. The minimum absolute atomic E-state index is 0.0365. The zero-order valence-corrected chi connectivity index (χ0v) is 15.3. The van der Waals surface area contributed by atoms with Crippen LogP contribution in [0.2, 0.25) is 0 Å². The fraction of sp³-hybridized carbons (Fsp3) is 0.263. The number of carbonyl (C=O) groups is 2. The summed E-state index contributed by atoms with van der Waals surface area (Å²) < 4.78 is 16.5. The van der Waals surface area contributed by atoms with Gasteiger partial charge >= 0.3 is 0 Å². The smallest absolute Gasteiger partial charge is 0.270 e. The summed E-state index contributed by atoms with van der Waals surface area (Å²) in [6.07, 6.45) is 0. The molecular weight excluding hydrogens is 368 g/mol. The van der Waals surface area contributed by atoms with Crippen molar-refractivity contribution < 1.29 is 28.7 Å². The Kier molecular flexibility index (Phi) is 5.55. The fourth-order valence-electron chi connectivity index (χ4n) is 2.80. The van der Waals surface area contributed by atoms with Crippen molar-refractivity contribution in [1.29, 1.82) is 0 Å². The van der Waals surface area contributed by atoms with Crippen LogP contribution >= 0.6 is 0 Å². The number of hydrogen-bond acceptors (Lipinski definition) is 7. The Morgan fingerprint density at radius 3 is 2.71 bits per heavy atom. The van der Waals surface area contributed by atoms with E-state index in [9.17, 15) is 19.7 Å². The topological polar surface area (TPSA) is 117 Å². The number of nitrogens with zero attached hydrogens (tertiary/aromatic N) is 1. The van der Waals surface area contributed by atoms with E-state index < -0.39 is 4.92 Å². The molecule has 0 radical (unpaired) electrons. The Morgan fingerprint density at radius 2 is 2.04 bits per heavy atom. The lowest BCUT2D eigenvalue weighted by Gasteiger charge is -2.21. The number of rotatable bonds is 6. The molecule has 0 aliphatic carbocycles. The fourth-order valence-corrected chi connectivity index (χ4v) is 2.80. The second-order valence-electron chi connectivity index (χ2n) is 6.20. The van der Waals surface area contributed by atoms with Gasteiger partial charge in [-0.3, -0.25) is 19.7 Å². The number of nitrogens with one attached hydrogen (secondary N) is 1. The summed E-state index contributed by atoms with van der Waals surface area (Å²) in [5.41, 5.74) is 1.72. The second kappa shape index (κ2) is 8.05. The standard InChI is InChI=1S/C19H18N2O7/c1-11(22)13-3-4-17(20-12(2)23)18(7-13)27-9-15-6-16(21(24)25)5-14-8-26-10-28-19(14)15/h3-7H,8-10H2,1-2H3,(H,20,23). The lowest BCUT2D eigenvalue weighted by atomic mass is 10.1. The molecule has 0 fully saturated rings. The van der Waals surface area contributed by atoms with Crippen molar-refractivity contribution in [2.24, 2.45) is 0 Å². The lowest BCUT2D eigenvalue weighted by Crippen LogP contribution is -2.15. The van der Waals surface area contributed by atoms with Gasteiger partial charge in [-0.05, 0) is 25.1 Å². The Morgan fingerprint density at radius 1 is 1.25 bits per heavy atom. The van der Waals surface area contributed by atoms with Crippen LogP contribution in [-0.4, -0.2) is 23.4 Å². The molecule has 1 aliphatic heterocycles. The van der Waals surface area contributed by atoms with Crippen LogP contribution in [0.3, 0.4) is 0 Å². The van der Waals surface area contributed by atoms with Crippen LogP contribution in [0.5, 0.6) is 11.5 Å². The quantitative estimate of drug-likeness (QED) is 0.460. The number of Topliss-reactive ketones (excluding diaryl/α,β-unsaturated/α-hetero) is 1. The molecule has 1 amide bonds. The number of nitro benzene ring substituents is 1. The number of hydrogen-bond donors (Lipinski definition) is 1. The first-order valence-corrected chi connectivity index (χ1v) is 8.41. The van der Waals surface area contributed by atoms with Crippen molar-refractivity contribution in [3.05, 3.63) is 57.1 Å². The van der Waals surface area contributed by atoms with Gasteiger partial charge in [-0.1, -0.05) is 0 Å². The molecule has 0 atom stereocenters. The first-order valence-electron chi connectivity index (χ1n) is 8.41. The van der Waals surface area contributed by atoms with Crippen LogP contribution in [0.25, 0.3) is 0 Å². The summed E-state index contributed by atoms with van der Waals surface area (Å²) in [6, 6.07) is 7.44. The number of ether oxygens (including phenoxy) is 3. The highest BCUT2D eigenvalue weighted by Gasteiger charge is 2.21. The Bertz CT molecular complexity index is 956. The molecule has 0 unspecified atom stereocenters. The first kappa shape index (κ1) is 19.3. The van der Waals surface area contributed by atoms with E-state index in [2.05, 4.69) is 5.32 Å². The van der Waals surface area contributed by atoms with Crippen molar-refractivity contribution in [3.63, 3.8) is 0 Å². The molecule has 0 bridgehead atoms. The van der Waals surface area contributed by atoms with Gasteiger partial charge in [-0.15, -0.1) is 0 Å². The lowest BCUT2D eigenvalue weighted by molar-refractivity contribution is -0.385. The van der Waals surface area contributed by atoms with Crippen LogP contribution in [0, 0.1) is 10.1 Å². The predicted octanol–water partition coefficient (Wildman–Crippen LogP) is 3.20. The molecule has 0 saturated carbocycles. The van der Waals surface area contributed by atoms with Crippen LogP contribution in [0.1, 0.15) is 35.3 Å². The van der Waals surface area contributed by atoms with E-state index in [1.807, 2.05) is 0 Å². The van der Waals surface area contributed by atoms with Gasteiger partial charge in [0.15, 0.2) is 12.6 Å². The third-order valence-electron chi connectivity index (χ3n) is 4.06. The molecule has 1 aliphatic rings. The van der Waals surface area contributed by atoms with E-state index >= 15 is 0 Å². The Balaban J connectivity index is 1.94. The van der Waals surface area contributed by atoms with E-state index in [-0.39, 0.29) is 43.1 Å². The average molecular weight is 386 g/mol. The zero-order valence-electron chi connectivity index (χ0n) is 15.3. The van der Waals surface area contributed by atoms with E-state index in [4.69, 9.17) is 14.2 Å². The molecule has 0 aromatic heterocycles. The van der Waals surface area contributed by atoms with E-state index in [0.29, 0.717) is 28.1 Å². The number of ketones is 1. The number of anilines is 1. The van der Waals surface area contributed by atoms with Gasteiger partial charge in [0, 0.05) is 35.7 Å². The predicted molar refractivity (Wildman–Crippen MR) is 98.5 cm³/mol. The summed E-state index contributed by atoms with van der Waals surface area (Å²) in [4.78, 5) is 33.8. The zero-order chi connectivity index (χ0) is 20.3. The molecule has 0 saturated heterocycles. The largest absolute Gasteiger partial charge is 0.487 e. The average Bonchev–Trinajstić information content (AvgIpc) is 2.66. The summed E-state index contributed by atoms with van der Waals surface area (Å²) >= 11 is 0. The Hall–Kier alpha value is -3.46. The number of amides is 1. The van der Waals surface area contributed by atoms with Gasteiger partial charge in [0.2, 0.25) is 5.91 Å². The van der Waals surface area contributed by atoms with Crippen LogP contribution in [0.4, 0.5) is 11.4 Å². The molecule has 3 rings (SSSR count). The molecule has 0 spiro atoms. The number of non-ortho nitro benzene ring substituents is 1. The van der Waals surface area contributed by atoms with E-state index in [0.717, 1.165) is 0 Å². The van der Waals surface area contributed by atoms with Crippen molar-refractivity contribution >= 4 is 23.1 Å². The summed E-state index contributed by atoms with van der Waals surface area (Å²) in [5, 5.41) is 13.8. The first-order chi connectivity index (χ1) is 13.3. The molecule has 9 heteroatoms. The van der Waals surface area contributed by atoms with Gasteiger partial charge < -0.3 is 19.5 Å². The third-order valence-corrected chi connectivity index (χ3v) is 4.06. The normalized spacial score (nSPS) is 12.5. The summed E-state index contributed by atoms with van der Waals surface area (Å²) in [6.45, 7) is 2.95. The molecule has 2 aromatic rings. The van der Waals surface area contributed by atoms with Crippen LogP contribution in [0.15, 0.2) is 30.3 Å². The van der Waals surface area contributed by atoms with Crippen molar-refractivity contribution in [2.75, 3.05) is 12.1 Å². The molecule has 28 heavy (non-hydrogen) atoms. The van der Waals surface area contributed by atoms with Gasteiger partial charge in [-0.25, -0.2) is 0 Å². The minimum atomic E-state index is -0.502. The minimum Gasteiger partial charge on any atom is -0.487 e. The highest BCUT2D eigenvalue weighted by atomic mass is 16.7. The molecule has 9 nitrogen and oxygen atoms in total. The summed E-state index contributed by atoms with van der Waals surface area (Å²) in [7, 11) is 0. The monoisotopic (exact) mass is 386 g/mol. The van der Waals surface area contributed by atoms with E-state index in [1.165, 1.54) is 32.0 Å². The molecule has 146 valence electrons. The second-order valence-corrected chi connectivity index (χ2v) is 6.20. The number of fused-ring (bicyclic) bond motifs is 1. The third kappa shape index (κ3) is 4.26. The maximum atomic E-state index is 11.7. The number of nitro groups is 1. The van der Waals surface area contributed by atoms with Crippen LogP contribution in [-0.2, 0) is 22.7 Å². The van der Waals surface area contributed by atoms with Gasteiger partial charge in [0.05, 0.1) is 17.2 Å². The summed E-state index contributed by atoms with van der Waals surface area (Å²) in [5.74, 6) is 0.289. The van der Waals surface area contributed by atoms with Gasteiger partial charge in [-0.2, -0.15) is 0 Å². The van der Waals surface area contributed by atoms with E-state index in [1.54, 1.807) is 12.1 Å². The maximum Gasteiger partial charge on any atom is 0.270 e. The van der Waals surface area contributed by atoms with Crippen LogP contribution < -0.4 is 14.8 Å². The maximum absolute atomic E-state index is 11.7. The van der Waals surface area contributed by atoms with Gasteiger partial charge in [0.25, 0.3) is 5.69 Å². The molecule has 1 N–H and O–H groups in total. The highest BCUT2D eigenvalue weighted by Crippen LogP contribution is 2.34. The molecular formula is C19H18N2O7. The molecule has 1 heterocycles. The van der Waals surface area contributed by atoms with Gasteiger partial charge in [0.1, 0.15) is 18.1 Å². The number of benzene rings is 2. The Labute approximate surface area is 160 Å². The highest BCUT2D eigenvalue weighted by molar-refractivity contribution is 5.96. The van der Waals surface area contributed by atoms with Crippen molar-refractivity contribution in [1.82, 2.24) is 0 Å². The van der Waals surface area contributed by atoms with Crippen molar-refractivity contribution in [2.45, 2.75) is 27.1 Å². The molecule has 2 aromatic carbocycles. The SMILES string of the molecule is CC(=O)Nc1ccc(C(C)=O)cc1OCc1cc([N+](=O)[O-])cc2c1OCOC2. The van der Waals surface area contributed by atoms with Crippen molar-refractivity contribution in [3.8, 4) is 11.5 Å².